The predicted octanol–water partition coefficient (Wildman–Crippen LogP) is 2.06. The monoisotopic (exact) mass is 251 g/mol. The zero-order chi connectivity index (χ0) is 12.8. The van der Waals surface area contributed by atoms with Crippen molar-refractivity contribution in [1.82, 2.24) is 4.90 Å². The summed E-state index contributed by atoms with van der Waals surface area (Å²) in [6.45, 7) is 3.14. The first-order chi connectivity index (χ1) is 8.75. The molecule has 0 unspecified atom stereocenters. The van der Waals surface area contributed by atoms with Crippen LogP contribution >= 0.6 is 0 Å². The molecule has 100 valence electrons. The summed E-state index contributed by atoms with van der Waals surface area (Å²) in [6.07, 6.45) is 0.830. The molecule has 1 aromatic carbocycles. The number of hydrogen-bond donors (Lipinski definition) is 0. The molecule has 4 nitrogen and oxygen atoms in total. The molecule has 2 rings (SSSR count). The summed E-state index contributed by atoms with van der Waals surface area (Å²) < 4.78 is 16.5. The van der Waals surface area contributed by atoms with E-state index in [0.717, 1.165) is 30.9 Å². The van der Waals surface area contributed by atoms with Crippen molar-refractivity contribution in [2.75, 3.05) is 40.5 Å². The number of ether oxygens (including phenoxy) is 3. The molecule has 0 saturated carbocycles. The number of benzene rings is 1. The van der Waals surface area contributed by atoms with E-state index < -0.39 is 0 Å². The molecule has 0 amide bonds. The highest BCUT2D eigenvalue weighted by atomic mass is 16.7. The molecule has 4 heteroatoms. The average Bonchev–Trinajstić information content (AvgIpc) is 2.89. The van der Waals surface area contributed by atoms with Gasteiger partial charge in [-0.3, -0.25) is 0 Å². The van der Waals surface area contributed by atoms with Crippen LogP contribution in [0.3, 0.4) is 0 Å². The zero-order valence-electron chi connectivity index (χ0n) is 11.1. The lowest BCUT2D eigenvalue weighted by molar-refractivity contribution is -0.0441. The quantitative estimate of drug-likeness (QED) is 0.724. The summed E-state index contributed by atoms with van der Waals surface area (Å²) in [6, 6.07) is 7.93. The second kappa shape index (κ2) is 6.73. The summed E-state index contributed by atoms with van der Waals surface area (Å²) >= 11 is 0. The van der Waals surface area contributed by atoms with Crippen LogP contribution in [-0.2, 0) is 9.47 Å². The van der Waals surface area contributed by atoms with E-state index >= 15 is 0 Å². The van der Waals surface area contributed by atoms with Crippen molar-refractivity contribution in [2.45, 2.75) is 12.7 Å². The normalized spacial score (nSPS) is 16.4. The summed E-state index contributed by atoms with van der Waals surface area (Å²) in [5, 5.41) is 0. The Morgan fingerprint density at radius 1 is 1.17 bits per heavy atom. The maximum atomic E-state index is 5.67. The second-order valence-corrected chi connectivity index (χ2v) is 4.65. The SMILES string of the molecule is CN(C)CCCOc1ccc(C2OCCO2)cc1. The van der Waals surface area contributed by atoms with Gasteiger partial charge in [-0.25, -0.2) is 0 Å². The molecule has 0 radical (unpaired) electrons. The van der Waals surface area contributed by atoms with Crippen LogP contribution in [-0.4, -0.2) is 45.4 Å². The zero-order valence-corrected chi connectivity index (χ0v) is 11.1. The smallest absolute Gasteiger partial charge is 0.184 e. The molecule has 1 heterocycles. The fourth-order valence-electron chi connectivity index (χ4n) is 1.84. The topological polar surface area (TPSA) is 30.9 Å². The van der Waals surface area contributed by atoms with Gasteiger partial charge in [0.25, 0.3) is 0 Å². The Balaban J connectivity index is 1.76. The van der Waals surface area contributed by atoms with Gasteiger partial charge in [-0.15, -0.1) is 0 Å². The first-order valence-corrected chi connectivity index (χ1v) is 6.36. The van der Waals surface area contributed by atoms with Gasteiger partial charge < -0.3 is 19.1 Å². The molecule has 0 atom stereocenters. The minimum Gasteiger partial charge on any atom is -0.494 e. The van der Waals surface area contributed by atoms with E-state index in [1.807, 2.05) is 24.3 Å². The molecule has 1 aliphatic heterocycles. The van der Waals surface area contributed by atoms with E-state index in [0.29, 0.717) is 13.2 Å². The van der Waals surface area contributed by atoms with Crippen LogP contribution in [0.2, 0.25) is 0 Å². The molecule has 0 N–H and O–H groups in total. The van der Waals surface area contributed by atoms with Gasteiger partial charge in [0.05, 0.1) is 19.8 Å². The Morgan fingerprint density at radius 2 is 1.83 bits per heavy atom. The number of rotatable bonds is 6. The molecule has 0 spiro atoms. The summed E-state index contributed by atoms with van der Waals surface area (Å²) in [5.74, 6) is 0.899. The van der Waals surface area contributed by atoms with Gasteiger partial charge in [-0.05, 0) is 32.6 Å². The molecule has 0 aliphatic carbocycles. The van der Waals surface area contributed by atoms with Crippen molar-refractivity contribution in [1.29, 1.82) is 0 Å². The lowest BCUT2D eigenvalue weighted by Crippen LogP contribution is -2.15. The van der Waals surface area contributed by atoms with E-state index in [2.05, 4.69) is 19.0 Å². The number of nitrogens with zero attached hydrogens (tertiary/aromatic N) is 1. The first kappa shape index (κ1) is 13.3. The summed E-state index contributed by atoms with van der Waals surface area (Å²) in [7, 11) is 4.13. The number of hydrogen-bond acceptors (Lipinski definition) is 4. The van der Waals surface area contributed by atoms with Crippen LogP contribution in [0.1, 0.15) is 18.3 Å². The predicted molar refractivity (Wildman–Crippen MR) is 69.8 cm³/mol. The fourth-order valence-corrected chi connectivity index (χ4v) is 1.84. The molecule has 18 heavy (non-hydrogen) atoms. The van der Waals surface area contributed by atoms with E-state index in [4.69, 9.17) is 14.2 Å². The van der Waals surface area contributed by atoms with E-state index in [-0.39, 0.29) is 6.29 Å². The van der Waals surface area contributed by atoms with Crippen molar-refractivity contribution in [3.05, 3.63) is 29.8 Å². The van der Waals surface area contributed by atoms with Gasteiger partial charge in [0.15, 0.2) is 6.29 Å². The van der Waals surface area contributed by atoms with Gasteiger partial charge in [0.1, 0.15) is 5.75 Å². The molecule has 1 saturated heterocycles. The molecule has 1 aliphatic rings. The Morgan fingerprint density at radius 3 is 2.44 bits per heavy atom. The van der Waals surface area contributed by atoms with E-state index in [9.17, 15) is 0 Å². The minimum atomic E-state index is -0.201. The summed E-state index contributed by atoms with van der Waals surface area (Å²) in [5.41, 5.74) is 1.05. The van der Waals surface area contributed by atoms with Crippen LogP contribution in [0.4, 0.5) is 0 Å². The third-order valence-corrected chi connectivity index (χ3v) is 2.79. The van der Waals surface area contributed by atoms with Crippen molar-refractivity contribution < 1.29 is 14.2 Å². The lowest BCUT2D eigenvalue weighted by Gasteiger charge is -2.12. The van der Waals surface area contributed by atoms with Crippen molar-refractivity contribution in [3.63, 3.8) is 0 Å². The van der Waals surface area contributed by atoms with Crippen LogP contribution in [0, 0.1) is 0 Å². The molecule has 0 bridgehead atoms. The van der Waals surface area contributed by atoms with E-state index in [1.165, 1.54) is 0 Å². The highest BCUT2D eigenvalue weighted by molar-refractivity contribution is 5.28. The average molecular weight is 251 g/mol. The van der Waals surface area contributed by atoms with Crippen LogP contribution < -0.4 is 4.74 Å². The highest BCUT2D eigenvalue weighted by Gasteiger charge is 2.17. The molecular formula is C14H21NO3. The fraction of sp³-hybridized carbons (Fsp3) is 0.571. The second-order valence-electron chi connectivity index (χ2n) is 4.65. The van der Waals surface area contributed by atoms with Gasteiger partial charge in [-0.1, -0.05) is 12.1 Å². The van der Waals surface area contributed by atoms with Crippen molar-refractivity contribution in [2.24, 2.45) is 0 Å². The largest absolute Gasteiger partial charge is 0.494 e. The van der Waals surface area contributed by atoms with Crippen LogP contribution in [0.5, 0.6) is 5.75 Å². The van der Waals surface area contributed by atoms with Crippen molar-refractivity contribution in [3.8, 4) is 5.75 Å². The van der Waals surface area contributed by atoms with Crippen molar-refractivity contribution >= 4 is 0 Å². The Kier molecular flexibility index (Phi) is 4.99. The van der Waals surface area contributed by atoms with Crippen LogP contribution in [0.15, 0.2) is 24.3 Å². The minimum absolute atomic E-state index is 0.201. The van der Waals surface area contributed by atoms with Gasteiger partial charge in [-0.2, -0.15) is 0 Å². The molecular weight excluding hydrogens is 230 g/mol. The van der Waals surface area contributed by atoms with E-state index in [1.54, 1.807) is 0 Å². The molecule has 0 aromatic heterocycles. The first-order valence-electron chi connectivity index (χ1n) is 6.36. The summed E-state index contributed by atoms with van der Waals surface area (Å²) in [4.78, 5) is 2.15. The maximum Gasteiger partial charge on any atom is 0.184 e. The third kappa shape index (κ3) is 3.98. The Labute approximate surface area is 108 Å². The Hall–Kier alpha value is -1.10. The molecule has 1 fully saturated rings. The van der Waals surface area contributed by atoms with Crippen LogP contribution in [0.25, 0.3) is 0 Å². The third-order valence-electron chi connectivity index (χ3n) is 2.79. The van der Waals surface area contributed by atoms with Gasteiger partial charge in [0, 0.05) is 12.1 Å². The highest BCUT2D eigenvalue weighted by Crippen LogP contribution is 2.24. The Bertz CT molecular complexity index is 345. The van der Waals surface area contributed by atoms with Gasteiger partial charge in [0.2, 0.25) is 0 Å². The van der Waals surface area contributed by atoms with Gasteiger partial charge >= 0.3 is 0 Å². The molecule has 1 aromatic rings. The standard InChI is InChI=1S/C14H21NO3/c1-15(2)8-3-9-16-13-6-4-12(5-7-13)14-17-10-11-18-14/h4-7,14H,3,8-11H2,1-2H3. The maximum absolute atomic E-state index is 5.67. The lowest BCUT2D eigenvalue weighted by atomic mass is 10.2.